The number of carbonyl (C=O) groups is 2. The van der Waals surface area contributed by atoms with Crippen LogP contribution in [0.25, 0.3) is 11.0 Å². The number of hydrogen-bond donors (Lipinski definition) is 1. The van der Waals surface area contributed by atoms with Gasteiger partial charge in [0, 0.05) is 69.8 Å². The lowest BCUT2D eigenvalue weighted by Crippen LogP contribution is -2.50. The number of nitrogens with zero attached hydrogens (tertiary/aromatic N) is 4. The molecule has 3 aromatic rings. The second kappa shape index (κ2) is 11.2. The van der Waals surface area contributed by atoms with Crippen LogP contribution < -0.4 is 20.5 Å². The number of rotatable bonds is 4. The molecule has 0 bridgehead atoms. The summed E-state index contributed by atoms with van der Waals surface area (Å²) in [6.07, 6.45) is -0.291. The van der Waals surface area contributed by atoms with Crippen molar-refractivity contribution in [1.29, 1.82) is 0 Å². The van der Waals surface area contributed by atoms with Gasteiger partial charge in [-0.25, -0.2) is 4.79 Å². The normalized spacial score (nSPS) is 16.8. The van der Waals surface area contributed by atoms with Gasteiger partial charge in [-0.1, -0.05) is 6.07 Å². The summed E-state index contributed by atoms with van der Waals surface area (Å²) in [7, 11) is 2.09. The van der Waals surface area contributed by atoms with E-state index in [1.165, 1.54) is 6.07 Å². The van der Waals surface area contributed by atoms with Crippen LogP contribution in [0.3, 0.4) is 0 Å². The third-order valence-electron chi connectivity index (χ3n) is 7.22. The number of para-hydroxylation sites is 1. The molecule has 10 nitrogen and oxygen atoms in total. The molecule has 0 atom stereocenters. The van der Waals surface area contributed by atoms with Gasteiger partial charge in [-0.2, -0.15) is 0 Å². The van der Waals surface area contributed by atoms with Crippen LogP contribution in [0, 0.1) is 0 Å². The quantitative estimate of drug-likeness (QED) is 0.526. The van der Waals surface area contributed by atoms with Gasteiger partial charge in [-0.3, -0.25) is 9.59 Å². The molecule has 2 fully saturated rings. The van der Waals surface area contributed by atoms with Crippen LogP contribution in [0.2, 0.25) is 0 Å². The van der Waals surface area contributed by atoms with Crippen molar-refractivity contribution < 1.29 is 18.7 Å². The molecule has 212 valence electrons. The Morgan fingerprint density at radius 1 is 0.875 bits per heavy atom. The van der Waals surface area contributed by atoms with E-state index in [9.17, 15) is 14.4 Å². The summed E-state index contributed by atoms with van der Waals surface area (Å²) in [5.41, 5.74) is 2.09. The number of likely N-dealkylation sites (N-methyl/N-ethyl adjacent to an activating group) is 1. The molecular formula is C30H37N5O5. The van der Waals surface area contributed by atoms with Gasteiger partial charge in [0.2, 0.25) is 0 Å². The molecule has 2 aliphatic heterocycles. The lowest BCUT2D eigenvalue weighted by molar-refractivity contribution is 0.0240. The fourth-order valence-electron chi connectivity index (χ4n) is 4.99. The third-order valence-corrected chi connectivity index (χ3v) is 7.22. The van der Waals surface area contributed by atoms with Crippen molar-refractivity contribution in [1.82, 2.24) is 9.80 Å². The summed E-state index contributed by atoms with van der Waals surface area (Å²) < 4.78 is 11.5. The molecule has 0 spiro atoms. The average molecular weight is 548 g/mol. The van der Waals surface area contributed by atoms with E-state index in [2.05, 4.69) is 27.1 Å². The summed E-state index contributed by atoms with van der Waals surface area (Å²) in [5, 5.41) is 3.31. The maximum absolute atomic E-state index is 13.1. The van der Waals surface area contributed by atoms with Gasteiger partial charge >= 0.3 is 6.09 Å². The fourth-order valence-corrected chi connectivity index (χ4v) is 4.99. The topological polar surface area (TPSA) is 98.6 Å². The number of carbonyl (C=O) groups excluding carboxylic acids is 2. The Kier molecular flexibility index (Phi) is 7.71. The third kappa shape index (κ3) is 6.22. The van der Waals surface area contributed by atoms with E-state index in [1.54, 1.807) is 11.0 Å². The highest BCUT2D eigenvalue weighted by atomic mass is 16.6. The summed E-state index contributed by atoms with van der Waals surface area (Å²) in [6, 6.07) is 14.3. The summed E-state index contributed by atoms with van der Waals surface area (Å²) in [6.45, 7) is 11.6. The number of amides is 2. The Labute approximate surface area is 234 Å². The number of ether oxygens (including phenoxy) is 1. The number of hydrogen-bond acceptors (Lipinski definition) is 8. The van der Waals surface area contributed by atoms with E-state index in [0.29, 0.717) is 42.8 Å². The molecule has 0 unspecified atom stereocenters. The molecule has 0 saturated carbocycles. The first-order valence-corrected chi connectivity index (χ1v) is 13.7. The molecule has 0 radical (unpaired) electrons. The van der Waals surface area contributed by atoms with Gasteiger partial charge in [0.1, 0.15) is 5.60 Å². The first-order chi connectivity index (χ1) is 19.1. The van der Waals surface area contributed by atoms with Crippen molar-refractivity contribution in [2.75, 3.05) is 74.5 Å². The van der Waals surface area contributed by atoms with Crippen molar-refractivity contribution in [2.24, 2.45) is 0 Å². The first kappa shape index (κ1) is 27.5. The maximum Gasteiger partial charge on any atom is 0.410 e. The van der Waals surface area contributed by atoms with Crippen molar-refractivity contribution in [3.05, 3.63) is 64.5 Å². The van der Waals surface area contributed by atoms with Crippen molar-refractivity contribution >= 4 is 40.0 Å². The molecule has 0 aliphatic carbocycles. The molecule has 10 heteroatoms. The molecule has 2 amide bonds. The highest BCUT2D eigenvalue weighted by molar-refractivity contribution is 6.03. The van der Waals surface area contributed by atoms with E-state index < -0.39 is 11.5 Å². The van der Waals surface area contributed by atoms with Crippen LogP contribution >= 0.6 is 0 Å². The lowest BCUT2D eigenvalue weighted by Gasteiger charge is -2.36. The maximum atomic E-state index is 13.1. The lowest BCUT2D eigenvalue weighted by atomic mass is 10.1. The van der Waals surface area contributed by atoms with E-state index in [1.807, 2.05) is 57.2 Å². The first-order valence-electron chi connectivity index (χ1n) is 13.7. The minimum atomic E-state index is -0.517. The van der Waals surface area contributed by atoms with E-state index >= 15 is 0 Å². The van der Waals surface area contributed by atoms with Gasteiger partial charge in [0.15, 0.2) is 16.8 Å². The molecular weight excluding hydrogens is 510 g/mol. The van der Waals surface area contributed by atoms with Crippen LogP contribution in [0.1, 0.15) is 31.3 Å². The fraction of sp³-hybridized carbons (Fsp3) is 0.433. The standard InChI is InChI=1S/C30H37N5O5/c1-30(2,3)40-29(38)35-18-16-33(17-19-35)22-10-8-21(9-11-22)31-28(37)26-20-25(36)23-6-5-7-24(27(23)39-26)34-14-12-32(4)13-15-34/h5-11,20H,12-19H2,1-4H3,(H,31,37). The molecule has 2 aliphatic rings. The molecule has 40 heavy (non-hydrogen) atoms. The van der Waals surface area contributed by atoms with E-state index in [0.717, 1.165) is 37.6 Å². The average Bonchev–Trinajstić information content (AvgIpc) is 2.93. The number of anilines is 3. The van der Waals surface area contributed by atoms with Crippen molar-refractivity contribution in [2.45, 2.75) is 26.4 Å². The molecule has 2 aromatic carbocycles. The molecule has 1 aromatic heterocycles. The van der Waals surface area contributed by atoms with Crippen LogP contribution in [0.4, 0.5) is 21.9 Å². The van der Waals surface area contributed by atoms with Crippen LogP contribution in [-0.2, 0) is 4.74 Å². The summed E-state index contributed by atoms with van der Waals surface area (Å²) >= 11 is 0. The van der Waals surface area contributed by atoms with Gasteiger partial charge in [-0.05, 0) is 64.2 Å². The SMILES string of the molecule is CN1CCN(c2cccc3c(=O)cc(C(=O)Nc4ccc(N5CCN(C(=O)OC(C)(C)C)CC5)cc4)oc23)CC1. The number of piperazine rings is 2. The highest BCUT2D eigenvalue weighted by Crippen LogP contribution is 2.27. The number of fused-ring (bicyclic) bond motifs is 1. The van der Waals surface area contributed by atoms with E-state index in [4.69, 9.17) is 9.15 Å². The summed E-state index contributed by atoms with van der Waals surface area (Å²) in [5.74, 6) is -0.507. The highest BCUT2D eigenvalue weighted by Gasteiger charge is 2.26. The minimum absolute atomic E-state index is 0.0265. The van der Waals surface area contributed by atoms with Crippen LogP contribution in [0.5, 0.6) is 0 Å². The zero-order valence-corrected chi connectivity index (χ0v) is 23.6. The zero-order chi connectivity index (χ0) is 28.4. The van der Waals surface area contributed by atoms with Crippen molar-refractivity contribution in [3.63, 3.8) is 0 Å². The molecule has 5 rings (SSSR count). The molecule has 3 heterocycles. The predicted octanol–water partition coefficient (Wildman–Crippen LogP) is 3.85. The number of benzene rings is 2. The monoisotopic (exact) mass is 547 g/mol. The molecule has 2 saturated heterocycles. The second-order valence-electron chi connectivity index (χ2n) is 11.4. The Bertz CT molecular complexity index is 1430. The Morgan fingerprint density at radius 3 is 2.17 bits per heavy atom. The second-order valence-corrected chi connectivity index (χ2v) is 11.4. The van der Waals surface area contributed by atoms with Crippen LogP contribution in [0.15, 0.2) is 57.7 Å². The molecule has 1 N–H and O–H groups in total. The van der Waals surface area contributed by atoms with Crippen LogP contribution in [-0.4, -0.2) is 86.8 Å². The van der Waals surface area contributed by atoms with Gasteiger partial charge in [-0.15, -0.1) is 0 Å². The van der Waals surface area contributed by atoms with Gasteiger partial charge < -0.3 is 34.1 Å². The zero-order valence-electron chi connectivity index (χ0n) is 23.6. The van der Waals surface area contributed by atoms with Gasteiger partial charge in [0.05, 0.1) is 11.1 Å². The summed E-state index contributed by atoms with van der Waals surface area (Å²) in [4.78, 5) is 46.7. The van der Waals surface area contributed by atoms with E-state index in [-0.39, 0.29) is 17.3 Å². The Hall–Kier alpha value is -4.05. The van der Waals surface area contributed by atoms with Gasteiger partial charge in [0.25, 0.3) is 5.91 Å². The largest absolute Gasteiger partial charge is 0.448 e. The smallest absolute Gasteiger partial charge is 0.410 e. The number of nitrogens with one attached hydrogen (secondary N) is 1. The minimum Gasteiger partial charge on any atom is -0.448 e. The van der Waals surface area contributed by atoms with Crippen molar-refractivity contribution in [3.8, 4) is 0 Å². The predicted molar refractivity (Wildman–Crippen MR) is 157 cm³/mol. The Balaban J connectivity index is 1.25. The Morgan fingerprint density at radius 2 is 1.52 bits per heavy atom.